The highest BCUT2D eigenvalue weighted by atomic mass is 35.5. The third-order valence-corrected chi connectivity index (χ3v) is 4.49. The van der Waals surface area contributed by atoms with Crippen LogP contribution >= 0.6 is 11.6 Å². The van der Waals surface area contributed by atoms with Crippen molar-refractivity contribution in [2.24, 2.45) is 5.92 Å². The molecule has 26 heavy (non-hydrogen) atoms. The second kappa shape index (κ2) is 7.83. The van der Waals surface area contributed by atoms with Crippen LogP contribution in [0.4, 0.5) is 14.5 Å². The summed E-state index contributed by atoms with van der Waals surface area (Å²) in [6.07, 6.45) is 0.423. The first-order valence-electron chi connectivity index (χ1n) is 8.21. The number of halogens is 3. The Bertz CT molecular complexity index is 824. The largest absolute Gasteiger partial charge is 0.355 e. The van der Waals surface area contributed by atoms with Crippen LogP contribution in [0, 0.1) is 17.6 Å². The molecule has 3 rings (SSSR count). The molecule has 1 N–H and O–H groups in total. The van der Waals surface area contributed by atoms with E-state index in [2.05, 4.69) is 5.32 Å². The fourth-order valence-electron chi connectivity index (χ4n) is 3.01. The number of carbonyl (C=O) groups is 2. The molecule has 1 fully saturated rings. The van der Waals surface area contributed by atoms with Crippen molar-refractivity contribution in [3.63, 3.8) is 0 Å². The van der Waals surface area contributed by atoms with E-state index in [0.717, 1.165) is 6.07 Å². The summed E-state index contributed by atoms with van der Waals surface area (Å²) in [5.74, 6) is -2.15. The second-order valence-corrected chi connectivity index (χ2v) is 6.64. The number of benzene rings is 2. The van der Waals surface area contributed by atoms with E-state index in [1.807, 2.05) is 0 Å². The minimum absolute atomic E-state index is 0.118. The Morgan fingerprint density at radius 1 is 1.19 bits per heavy atom. The third kappa shape index (κ3) is 4.38. The van der Waals surface area contributed by atoms with E-state index < -0.39 is 17.6 Å². The van der Waals surface area contributed by atoms with Gasteiger partial charge in [0.05, 0.1) is 5.92 Å². The summed E-state index contributed by atoms with van der Waals surface area (Å²) in [5, 5.41) is 3.25. The minimum atomic E-state index is -0.648. The number of amides is 2. The Morgan fingerprint density at radius 3 is 2.62 bits per heavy atom. The first kappa shape index (κ1) is 18.3. The number of nitrogens with zero attached hydrogens (tertiary/aromatic N) is 1. The zero-order chi connectivity index (χ0) is 18.7. The molecule has 0 saturated carbocycles. The van der Waals surface area contributed by atoms with Gasteiger partial charge in [0.2, 0.25) is 11.8 Å². The number of carbonyl (C=O) groups excluding carboxylic acids is 2. The van der Waals surface area contributed by atoms with Gasteiger partial charge in [0.1, 0.15) is 11.6 Å². The van der Waals surface area contributed by atoms with Gasteiger partial charge in [-0.1, -0.05) is 17.7 Å². The average Bonchev–Trinajstić information content (AvgIpc) is 2.96. The quantitative estimate of drug-likeness (QED) is 0.867. The number of nitrogens with one attached hydrogen (secondary N) is 1. The predicted octanol–water partition coefficient (Wildman–Crippen LogP) is 3.33. The molecule has 7 heteroatoms. The Balaban J connectivity index is 1.55. The van der Waals surface area contributed by atoms with Crippen molar-refractivity contribution in [1.82, 2.24) is 5.32 Å². The molecule has 136 valence electrons. The molecular formula is C19H17ClF2N2O2. The van der Waals surface area contributed by atoms with Gasteiger partial charge < -0.3 is 10.2 Å². The molecule has 2 amide bonds. The van der Waals surface area contributed by atoms with Crippen molar-refractivity contribution >= 4 is 29.1 Å². The van der Waals surface area contributed by atoms with E-state index in [1.165, 1.54) is 17.0 Å². The molecule has 1 aliphatic heterocycles. The lowest BCUT2D eigenvalue weighted by molar-refractivity contribution is -0.126. The van der Waals surface area contributed by atoms with Crippen molar-refractivity contribution < 1.29 is 18.4 Å². The SMILES string of the molecule is O=C(NCCc1cc(F)cc(F)c1)C1CC(=O)N(c2cccc(Cl)c2)C1. The van der Waals surface area contributed by atoms with Gasteiger partial charge in [0.15, 0.2) is 0 Å². The van der Waals surface area contributed by atoms with Gasteiger partial charge in [0.25, 0.3) is 0 Å². The van der Waals surface area contributed by atoms with Crippen molar-refractivity contribution in [3.05, 3.63) is 64.7 Å². The van der Waals surface area contributed by atoms with Gasteiger partial charge in [0, 0.05) is 36.3 Å². The highest BCUT2D eigenvalue weighted by Gasteiger charge is 2.34. The number of anilines is 1. The standard InChI is InChI=1S/C19H17ClF2N2O2/c20-14-2-1-3-17(9-14)24-11-13(8-18(24)25)19(26)23-5-4-12-6-15(21)10-16(22)7-12/h1-3,6-7,9-10,13H,4-5,8,11H2,(H,23,26). The van der Waals surface area contributed by atoms with Crippen molar-refractivity contribution in [3.8, 4) is 0 Å². The van der Waals surface area contributed by atoms with Crippen LogP contribution in [-0.4, -0.2) is 24.9 Å². The molecule has 1 saturated heterocycles. The van der Waals surface area contributed by atoms with Gasteiger partial charge in [-0.15, -0.1) is 0 Å². The van der Waals surface area contributed by atoms with Crippen LogP contribution in [0.5, 0.6) is 0 Å². The van der Waals surface area contributed by atoms with Crippen molar-refractivity contribution in [2.45, 2.75) is 12.8 Å². The smallest absolute Gasteiger partial charge is 0.227 e. The molecule has 1 aliphatic rings. The van der Waals surface area contributed by atoms with E-state index in [1.54, 1.807) is 24.3 Å². The van der Waals surface area contributed by atoms with Crippen LogP contribution < -0.4 is 10.2 Å². The Labute approximate surface area is 154 Å². The zero-order valence-electron chi connectivity index (χ0n) is 13.8. The topological polar surface area (TPSA) is 49.4 Å². The van der Waals surface area contributed by atoms with Crippen LogP contribution in [0.15, 0.2) is 42.5 Å². The van der Waals surface area contributed by atoms with Crippen molar-refractivity contribution in [2.75, 3.05) is 18.0 Å². The van der Waals surface area contributed by atoms with Crippen LogP contribution in [-0.2, 0) is 16.0 Å². The molecule has 0 radical (unpaired) electrons. The van der Waals surface area contributed by atoms with Gasteiger partial charge in [-0.05, 0) is 42.3 Å². The fourth-order valence-corrected chi connectivity index (χ4v) is 3.19. The van der Waals surface area contributed by atoms with Gasteiger partial charge in [-0.25, -0.2) is 8.78 Å². The lowest BCUT2D eigenvalue weighted by atomic mass is 10.1. The molecule has 0 bridgehead atoms. The summed E-state index contributed by atoms with van der Waals surface area (Å²) in [4.78, 5) is 26.0. The molecule has 0 aromatic heterocycles. The molecule has 4 nitrogen and oxygen atoms in total. The zero-order valence-corrected chi connectivity index (χ0v) is 14.6. The first-order valence-corrected chi connectivity index (χ1v) is 8.59. The number of hydrogen-bond donors (Lipinski definition) is 1. The summed E-state index contributed by atoms with van der Waals surface area (Å²) in [5.41, 5.74) is 1.12. The molecular weight excluding hydrogens is 362 g/mol. The summed E-state index contributed by atoms with van der Waals surface area (Å²) in [7, 11) is 0. The molecule has 0 spiro atoms. The van der Waals surface area contributed by atoms with E-state index in [0.29, 0.717) is 22.7 Å². The maximum Gasteiger partial charge on any atom is 0.227 e. The number of rotatable bonds is 5. The minimum Gasteiger partial charge on any atom is -0.355 e. The Kier molecular flexibility index (Phi) is 5.52. The van der Waals surface area contributed by atoms with Gasteiger partial charge in [-0.2, -0.15) is 0 Å². The maximum atomic E-state index is 13.2. The lowest BCUT2D eigenvalue weighted by Gasteiger charge is -2.17. The highest BCUT2D eigenvalue weighted by Crippen LogP contribution is 2.27. The maximum absolute atomic E-state index is 13.2. The third-order valence-electron chi connectivity index (χ3n) is 4.25. The number of hydrogen-bond acceptors (Lipinski definition) is 2. The molecule has 2 aromatic carbocycles. The predicted molar refractivity (Wildman–Crippen MR) is 95.0 cm³/mol. The van der Waals surface area contributed by atoms with E-state index in [4.69, 9.17) is 11.6 Å². The second-order valence-electron chi connectivity index (χ2n) is 6.20. The normalized spacial score (nSPS) is 16.8. The average molecular weight is 379 g/mol. The molecule has 1 atom stereocenters. The summed E-state index contributed by atoms with van der Waals surface area (Å²) < 4.78 is 26.3. The van der Waals surface area contributed by atoms with Crippen LogP contribution in [0.2, 0.25) is 5.02 Å². The van der Waals surface area contributed by atoms with Crippen LogP contribution in [0.1, 0.15) is 12.0 Å². The lowest BCUT2D eigenvalue weighted by Crippen LogP contribution is -2.34. The van der Waals surface area contributed by atoms with Crippen molar-refractivity contribution in [1.29, 1.82) is 0 Å². The summed E-state index contributed by atoms with van der Waals surface area (Å²) >= 11 is 5.95. The molecule has 1 heterocycles. The Hall–Kier alpha value is -2.47. The van der Waals surface area contributed by atoms with E-state index in [9.17, 15) is 18.4 Å². The summed E-state index contributed by atoms with van der Waals surface area (Å²) in [6, 6.07) is 10.2. The summed E-state index contributed by atoms with van der Waals surface area (Å²) in [6.45, 7) is 0.517. The van der Waals surface area contributed by atoms with Crippen LogP contribution in [0.3, 0.4) is 0 Å². The fraction of sp³-hybridized carbons (Fsp3) is 0.263. The van der Waals surface area contributed by atoms with Gasteiger partial charge >= 0.3 is 0 Å². The molecule has 2 aromatic rings. The van der Waals surface area contributed by atoms with E-state index >= 15 is 0 Å². The monoisotopic (exact) mass is 378 g/mol. The Morgan fingerprint density at radius 2 is 1.92 bits per heavy atom. The first-order chi connectivity index (χ1) is 12.4. The van der Waals surface area contributed by atoms with E-state index in [-0.39, 0.29) is 31.3 Å². The molecule has 1 unspecified atom stereocenters. The molecule has 0 aliphatic carbocycles. The highest BCUT2D eigenvalue weighted by molar-refractivity contribution is 6.30. The van der Waals surface area contributed by atoms with Crippen LogP contribution in [0.25, 0.3) is 0 Å². The van der Waals surface area contributed by atoms with Gasteiger partial charge in [-0.3, -0.25) is 9.59 Å².